The third-order valence-electron chi connectivity index (χ3n) is 4.20. The van der Waals surface area contributed by atoms with Crippen molar-refractivity contribution in [1.29, 1.82) is 0 Å². The number of terminal acetylenes is 1. The summed E-state index contributed by atoms with van der Waals surface area (Å²) in [5.41, 5.74) is 4.78. The van der Waals surface area contributed by atoms with Gasteiger partial charge in [0.1, 0.15) is 5.75 Å². The first kappa shape index (κ1) is 18.5. The number of hydrogen-bond donors (Lipinski definition) is 1. The van der Waals surface area contributed by atoms with E-state index in [1.807, 2.05) is 19.2 Å². The lowest BCUT2D eigenvalue weighted by Gasteiger charge is -2.21. The first-order chi connectivity index (χ1) is 12.0. The fourth-order valence-electron chi connectivity index (χ4n) is 2.96. The van der Waals surface area contributed by atoms with E-state index in [0.717, 1.165) is 23.9 Å². The molecule has 0 saturated heterocycles. The molecule has 0 aliphatic carbocycles. The number of guanidine groups is 1. The lowest BCUT2D eigenvalue weighted by Crippen LogP contribution is -2.38. The van der Waals surface area contributed by atoms with E-state index in [1.165, 1.54) is 17.0 Å². The van der Waals surface area contributed by atoms with E-state index in [9.17, 15) is 0 Å². The van der Waals surface area contributed by atoms with Crippen molar-refractivity contribution in [2.75, 3.05) is 27.7 Å². The van der Waals surface area contributed by atoms with Crippen LogP contribution in [0.5, 0.6) is 5.75 Å². The van der Waals surface area contributed by atoms with E-state index in [0.29, 0.717) is 6.54 Å². The zero-order chi connectivity index (χ0) is 18.4. The highest BCUT2D eigenvalue weighted by molar-refractivity contribution is 5.79. The Morgan fingerprint density at radius 1 is 1.32 bits per heavy atom. The van der Waals surface area contributed by atoms with Crippen LogP contribution in [0.25, 0.3) is 5.69 Å². The first-order valence-corrected chi connectivity index (χ1v) is 8.19. The Bertz CT molecular complexity index is 781. The summed E-state index contributed by atoms with van der Waals surface area (Å²) in [6.45, 7) is 5.46. The fraction of sp³-hybridized carbons (Fsp3) is 0.350. The molecule has 0 atom stereocenters. The van der Waals surface area contributed by atoms with Gasteiger partial charge in [-0.3, -0.25) is 4.99 Å². The summed E-state index contributed by atoms with van der Waals surface area (Å²) in [5.74, 6) is 4.21. The van der Waals surface area contributed by atoms with E-state index < -0.39 is 0 Å². The molecular weight excluding hydrogens is 312 g/mol. The minimum atomic E-state index is 0.460. The van der Waals surface area contributed by atoms with Crippen molar-refractivity contribution in [3.05, 3.63) is 47.3 Å². The first-order valence-electron chi connectivity index (χ1n) is 8.19. The third kappa shape index (κ3) is 4.16. The maximum atomic E-state index is 5.32. The van der Waals surface area contributed by atoms with Crippen LogP contribution in [0, 0.1) is 26.2 Å². The molecule has 0 aliphatic rings. The zero-order valence-corrected chi connectivity index (χ0v) is 15.6. The smallest absolute Gasteiger partial charge is 0.194 e. The lowest BCUT2D eigenvalue weighted by molar-refractivity contribution is 0.414. The number of ether oxygens (including phenoxy) is 1. The normalized spacial score (nSPS) is 11.1. The van der Waals surface area contributed by atoms with Crippen LogP contribution in [0.3, 0.4) is 0 Å². The van der Waals surface area contributed by atoms with Crippen LogP contribution < -0.4 is 10.1 Å². The number of aromatic nitrogens is 1. The summed E-state index contributed by atoms with van der Waals surface area (Å²) >= 11 is 0. The van der Waals surface area contributed by atoms with Gasteiger partial charge in [-0.15, -0.1) is 6.42 Å². The average Bonchev–Trinajstić information content (AvgIpc) is 2.89. The van der Waals surface area contributed by atoms with E-state index in [1.54, 1.807) is 14.2 Å². The Kier molecular flexibility index (Phi) is 6.13. The van der Waals surface area contributed by atoms with Crippen LogP contribution in [0.4, 0.5) is 0 Å². The number of rotatable bonds is 5. The van der Waals surface area contributed by atoms with Gasteiger partial charge in [-0.1, -0.05) is 5.92 Å². The molecule has 132 valence electrons. The molecule has 0 amide bonds. The Labute approximate surface area is 150 Å². The van der Waals surface area contributed by atoms with E-state index in [4.69, 9.17) is 11.2 Å². The quantitative estimate of drug-likeness (QED) is 0.518. The topological polar surface area (TPSA) is 41.8 Å². The monoisotopic (exact) mass is 338 g/mol. The SMILES string of the molecule is C#CCNC(=NC)N(C)Cc1cc(C)n(-c2ccc(OC)cc2)c1C. The van der Waals surface area contributed by atoms with Crippen LogP contribution in [0.15, 0.2) is 35.3 Å². The second-order valence-corrected chi connectivity index (χ2v) is 5.89. The van der Waals surface area contributed by atoms with Crippen LogP contribution >= 0.6 is 0 Å². The molecule has 5 heteroatoms. The lowest BCUT2D eigenvalue weighted by atomic mass is 10.2. The van der Waals surface area contributed by atoms with Crippen molar-refractivity contribution in [3.8, 4) is 23.8 Å². The predicted molar refractivity (Wildman–Crippen MR) is 103 cm³/mol. The summed E-state index contributed by atoms with van der Waals surface area (Å²) in [5, 5.41) is 3.14. The van der Waals surface area contributed by atoms with Crippen molar-refractivity contribution in [2.45, 2.75) is 20.4 Å². The van der Waals surface area contributed by atoms with Crippen LogP contribution in [0.1, 0.15) is 17.0 Å². The molecule has 1 heterocycles. The molecule has 0 spiro atoms. The molecule has 2 rings (SSSR count). The number of nitrogens with zero attached hydrogens (tertiary/aromatic N) is 3. The van der Waals surface area contributed by atoms with Crippen molar-refractivity contribution in [1.82, 2.24) is 14.8 Å². The fourth-order valence-corrected chi connectivity index (χ4v) is 2.96. The molecule has 2 aromatic rings. The van der Waals surface area contributed by atoms with Gasteiger partial charge >= 0.3 is 0 Å². The van der Waals surface area contributed by atoms with Gasteiger partial charge in [0.25, 0.3) is 0 Å². The molecule has 0 aliphatic heterocycles. The highest BCUT2D eigenvalue weighted by Gasteiger charge is 2.14. The van der Waals surface area contributed by atoms with E-state index in [2.05, 4.69) is 57.7 Å². The van der Waals surface area contributed by atoms with Gasteiger partial charge in [-0.05, 0) is 49.7 Å². The predicted octanol–water partition coefficient (Wildman–Crippen LogP) is 2.74. The van der Waals surface area contributed by atoms with Crippen LogP contribution in [-0.4, -0.2) is 43.2 Å². The summed E-state index contributed by atoms with van der Waals surface area (Å²) in [7, 11) is 5.44. The Morgan fingerprint density at radius 2 is 2.00 bits per heavy atom. The van der Waals surface area contributed by atoms with Gasteiger partial charge in [-0.25, -0.2) is 0 Å². The van der Waals surface area contributed by atoms with E-state index >= 15 is 0 Å². The zero-order valence-electron chi connectivity index (χ0n) is 15.6. The summed E-state index contributed by atoms with van der Waals surface area (Å²) < 4.78 is 7.49. The van der Waals surface area contributed by atoms with Crippen LogP contribution in [-0.2, 0) is 6.54 Å². The van der Waals surface area contributed by atoms with Gasteiger partial charge < -0.3 is 19.5 Å². The van der Waals surface area contributed by atoms with Crippen molar-refractivity contribution in [3.63, 3.8) is 0 Å². The van der Waals surface area contributed by atoms with Crippen molar-refractivity contribution < 1.29 is 4.74 Å². The Hall–Kier alpha value is -2.87. The Morgan fingerprint density at radius 3 is 2.56 bits per heavy atom. The molecule has 1 aromatic carbocycles. The van der Waals surface area contributed by atoms with Gasteiger partial charge in [0, 0.05) is 37.7 Å². The second kappa shape index (κ2) is 8.29. The molecule has 0 radical (unpaired) electrons. The minimum Gasteiger partial charge on any atom is -0.497 e. The molecule has 0 bridgehead atoms. The number of hydrogen-bond acceptors (Lipinski definition) is 2. The molecule has 1 N–H and O–H groups in total. The van der Waals surface area contributed by atoms with Crippen LogP contribution in [0.2, 0.25) is 0 Å². The molecular formula is C20H26N4O. The Balaban J connectivity index is 2.25. The van der Waals surface area contributed by atoms with Gasteiger partial charge in [0.15, 0.2) is 5.96 Å². The molecule has 0 saturated carbocycles. The number of benzene rings is 1. The molecule has 0 fully saturated rings. The number of aryl methyl sites for hydroxylation is 1. The highest BCUT2D eigenvalue weighted by Crippen LogP contribution is 2.23. The second-order valence-electron chi connectivity index (χ2n) is 5.89. The van der Waals surface area contributed by atoms with E-state index in [-0.39, 0.29) is 0 Å². The maximum Gasteiger partial charge on any atom is 0.194 e. The average molecular weight is 338 g/mol. The summed E-state index contributed by atoms with van der Waals surface area (Å²) in [4.78, 5) is 6.34. The largest absolute Gasteiger partial charge is 0.497 e. The molecule has 5 nitrogen and oxygen atoms in total. The molecule has 1 aromatic heterocycles. The van der Waals surface area contributed by atoms with Gasteiger partial charge in [0.2, 0.25) is 0 Å². The number of nitrogens with one attached hydrogen (secondary N) is 1. The van der Waals surface area contributed by atoms with Gasteiger partial charge in [-0.2, -0.15) is 0 Å². The summed E-state index contributed by atoms with van der Waals surface area (Å²) in [6, 6.07) is 10.3. The standard InChI is InChI=1S/C20H26N4O/c1-7-12-22-20(21-4)23(5)14-17-13-15(2)24(16(17)3)18-8-10-19(25-6)11-9-18/h1,8-11,13H,12,14H2,2-6H3,(H,21,22). The number of aliphatic imine (C=N–C) groups is 1. The number of methoxy groups -OCH3 is 1. The molecule has 25 heavy (non-hydrogen) atoms. The highest BCUT2D eigenvalue weighted by atomic mass is 16.5. The van der Waals surface area contributed by atoms with Crippen molar-refractivity contribution in [2.24, 2.45) is 4.99 Å². The molecule has 0 unspecified atom stereocenters. The van der Waals surface area contributed by atoms with Gasteiger partial charge in [0.05, 0.1) is 13.7 Å². The summed E-state index contributed by atoms with van der Waals surface area (Å²) in [6.07, 6.45) is 5.32. The van der Waals surface area contributed by atoms with Crippen molar-refractivity contribution >= 4 is 5.96 Å². The maximum absolute atomic E-state index is 5.32. The third-order valence-corrected chi connectivity index (χ3v) is 4.20. The minimum absolute atomic E-state index is 0.460.